The Morgan fingerprint density at radius 2 is 1.44 bits per heavy atom. The van der Waals surface area contributed by atoms with E-state index in [1.165, 1.54) is 11.8 Å². The summed E-state index contributed by atoms with van der Waals surface area (Å²) in [6, 6.07) is 36.8. The van der Waals surface area contributed by atoms with Crippen molar-refractivity contribution in [3.63, 3.8) is 0 Å². The van der Waals surface area contributed by atoms with E-state index < -0.39 is 5.91 Å². The number of thioether (sulfide) groups is 1. The first kappa shape index (κ1) is 29.2. The van der Waals surface area contributed by atoms with Crippen LogP contribution in [0.15, 0.2) is 132 Å². The number of ether oxygens (including phenoxy) is 1. The Labute approximate surface area is 254 Å². The number of hydrogen-bond acceptors (Lipinski definition) is 5. The standard InChI is InChI=1S/C35H29N3O4S/c1-42-32-17-8-7-16-30(32)37-33(39)23-43-28-20-18-27(19-21-28)36-35(41)31(38-34(40)25-11-3-2-4-12-25)22-26-14-9-13-24-10-5-6-15-29(24)26/h2-22H,23H2,1H3,(H,36,41)(H,37,39)(H,38,40)/b31-22-. The highest BCUT2D eigenvalue weighted by atomic mass is 32.2. The van der Waals surface area contributed by atoms with Gasteiger partial charge in [0.1, 0.15) is 11.4 Å². The number of benzene rings is 5. The predicted octanol–water partition coefficient (Wildman–Crippen LogP) is 6.99. The number of methoxy groups -OCH3 is 1. The molecule has 0 aliphatic heterocycles. The van der Waals surface area contributed by atoms with Crippen LogP contribution in [-0.4, -0.2) is 30.6 Å². The number of rotatable bonds is 10. The second-order valence-corrected chi connectivity index (χ2v) is 10.5. The number of anilines is 2. The topological polar surface area (TPSA) is 96.5 Å². The highest BCUT2D eigenvalue weighted by Crippen LogP contribution is 2.25. The molecule has 0 aliphatic rings. The van der Waals surface area contributed by atoms with Gasteiger partial charge in [-0.3, -0.25) is 14.4 Å². The van der Waals surface area contributed by atoms with Crippen LogP contribution in [-0.2, 0) is 9.59 Å². The number of nitrogens with one attached hydrogen (secondary N) is 3. The summed E-state index contributed by atoms with van der Waals surface area (Å²) >= 11 is 1.37. The van der Waals surface area contributed by atoms with Gasteiger partial charge in [0.2, 0.25) is 5.91 Å². The molecule has 0 aliphatic carbocycles. The predicted molar refractivity (Wildman–Crippen MR) is 173 cm³/mol. The molecule has 214 valence electrons. The van der Waals surface area contributed by atoms with Crippen LogP contribution in [0, 0.1) is 0 Å². The summed E-state index contributed by atoms with van der Waals surface area (Å²) in [5.41, 5.74) is 2.51. The first-order valence-corrected chi connectivity index (χ1v) is 14.5. The third-order valence-corrected chi connectivity index (χ3v) is 7.53. The van der Waals surface area contributed by atoms with Crippen LogP contribution in [0.1, 0.15) is 15.9 Å². The van der Waals surface area contributed by atoms with Crippen LogP contribution < -0.4 is 20.7 Å². The largest absolute Gasteiger partial charge is 0.495 e. The molecule has 3 amide bonds. The van der Waals surface area contributed by atoms with Gasteiger partial charge in [-0.05, 0) is 70.9 Å². The molecule has 0 atom stereocenters. The van der Waals surface area contributed by atoms with E-state index >= 15 is 0 Å². The summed E-state index contributed by atoms with van der Waals surface area (Å²) in [5, 5.41) is 10.5. The lowest BCUT2D eigenvalue weighted by atomic mass is 10.0. The molecule has 0 heterocycles. The Bertz CT molecular complexity index is 1780. The van der Waals surface area contributed by atoms with Gasteiger partial charge in [0.25, 0.3) is 11.8 Å². The molecular formula is C35H29N3O4S. The lowest BCUT2D eigenvalue weighted by Gasteiger charge is -2.13. The Kier molecular flexibility index (Phi) is 9.51. The Morgan fingerprint density at radius 1 is 0.744 bits per heavy atom. The fourth-order valence-electron chi connectivity index (χ4n) is 4.39. The molecule has 5 rings (SSSR count). The number of amides is 3. The molecule has 7 nitrogen and oxygen atoms in total. The smallest absolute Gasteiger partial charge is 0.272 e. The van der Waals surface area contributed by atoms with E-state index in [-0.39, 0.29) is 23.3 Å². The summed E-state index contributed by atoms with van der Waals surface area (Å²) in [7, 11) is 1.56. The fourth-order valence-corrected chi connectivity index (χ4v) is 5.09. The van der Waals surface area contributed by atoms with E-state index in [1.807, 2.05) is 72.8 Å². The second kappa shape index (κ2) is 14.0. The van der Waals surface area contributed by atoms with E-state index in [0.717, 1.165) is 21.2 Å². The molecule has 8 heteroatoms. The zero-order valence-corrected chi connectivity index (χ0v) is 24.2. The lowest BCUT2D eigenvalue weighted by molar-refractivity contribution is -0.114. The van der Waals surface area contributed by atoms with Crippen molar-refractivity contribution in [2.24, 2.45) is 0 Å². The number of fused-ring (bicyclic) bond motifs is 1. The molecule has 0 spiro atoms. The van der Waals surface area contributed by atoms with Gasteiger partial charge in [-0.1, -0.05) is 72.8 Å². The van der Waals surface area contributed by atoms with E-state index in [9.17, 15) is 14.4 Å². The van der Waals surface area contributed by atoms with Crippen molar-refractivity contribution >= 4 is 57.7 Å². The van der Waals surface area contributed by atoms with Crippen molar-refractivity contribution in [1.29, 1.82) is 0 Å². The molecule has 0 bridgehead atoms. The van der Waals surface area contributed by atoms with Gasteiger partial charge in [0, 0.05) is 16.1 Å². The second-order valence-electron chi connectivity index (χ2n) is 9.46. The molecule has 5 aromatic carbocycles. The van der Waals surface area contributed by atoms with Crippen LogP contribution in [0.2, 0.25) is 0 Å². The maximum atomic E-state index is 13.5. The van der Waals surface area contributed by atoms with Crippen LogP contribution in [0.5, 0.6) is 5.75 Å². The minimum absolute atomic E-state index is 0.108. The van der Waals surface area contributed by atoms with Gasteiger partial charge < -0.3 is 20.7 Å². The summed E-state index contributed by atoms with van der Waals surface area (Å²) in [5.74, 6) is -0.221. The first-order valence-electron chi connectivity index (χ1n) is 13.5. The van der Waals surface area contributed by atoms with Crippen molar-refractivity contribution < 1.29 is 19.1 Å². The van der Waals surface area contributed by atoms with Crippen LogP contribution in [0.25, 0.3) is 16.8 Å². The van der Waals surface area contributed by atoms with Crippen LogP contribution in [0.4, 0.5) is 11.4 Å². The Balaban J connectivity index is 1.29. The SMILES string of the molecule is COc1ccccc1NC(=O)CSc1ccc(NC(=O)/C(=C/c2cccc3ccccc23)NC(=O)c2ccccc2)cc1. The van der Waals surface area contributed by atoms with E-state index in [0.29, 0.717) is 22.7 Å². The van der Waals surface area contributed by atoms with Gasteiger partial charge >= 0.3 is 0 Å². The van der Waals surface area contributed by atoms with E-state index in [1.54, 1.807) is 61.7 Å². The van der Waals surface area contributed by atoms with Gasteiger partial charge in [-0.25, -0.2) is 0 Å². The van der Waals surface area contributed by atoms with Crippen molar-refractivity contribution in [1.82, 2.24) is 5.32 Å². The molecule has 0 saturated carbocycles. The molecule has 43 heavy (non-hydrogen) atoms. The van der Waals surface area contributed by atoms with Crippen molar-refractivity contribution in [2.75, 3.05) is 23.5 Å². The van der Waals surface area contributed by atoms with Gasteiger partial charge in [-0.15, -0.1) is 11.8 Å². The third kappa shape index (κ3) is 7.69. The zero-order valence-electron chi connectivity index (χ0n) is 23.4. The Morgan fingerprint density at radius 3 is 2.23 bits per heavy atom. The maximum Gasteiger partial charge on any atom is 0.272 e. The number of hydrogen-bond donors (Lipinski definition) is 3. The van der Waals surface area contributed by atoms with Crippen LogP contribution >= 0.6 is 11.8 Å². The van der Waals surface area contributed by atoms with E-state index in [2.05, 4.69) is 16.0 Å². The molecule has 0 aromatic heterocycles. The Hall–Kier alpha value is -5.34. The number of carbonyl (C=O) groups excluding carboxylic acids is 3. The minimum atomic E-state index is -0.464. The van der Waals surface area contributed by atoms with Gasteiger partial charge in [0.05, 0.1) is 18.6 Å². The minimum Gasteiger partial charge on any atom is -0.495 e. The van der Waals surface area contributed by atoms with E-state index in [4.69, 9.17) is 4.74 Å². The summed E-state index contributed by atoms with van der Waals surface area (Å²) in [6.07, 6.45) is 1.68. The summed E-state index contributed by atoms with van der Waals surface area (Å²) in [4.78, 5) is 39.8. The molecule has 5 aromatic rings. The summed E-state index contributed by atoms with van der Waals surface area (Å²) < 4.78 is 5.28. The summed E-state index contributed by atoms with van der Waals surface area (Å²) in [6.45, 7) is 0. The maximum absolute atomic E-state index is 13.5. The molecule has 0 radical (unpaired) electrons. The quantitative estimate of drug-likeness (QED) is 0.121. The molecule has 0 fully saturated rings. The van der Waals surface area contributed by atoms with Crippen molar-refractivity contribution in [3.8, 4) is 5.75 Å². The lowest BCUT2D eigenvalue weighted by Crippen LogP contribution is -2.30. The molecule has 0 saturated heterocycles. The number of para-hydroxylation sites is 2. The molecule has 0 unspecified atom stereocenters. The first-order chi connectivity index (χ1) is 21.0. The average Bonchev–Trinajstić information content (AvgIpc) is 3.05. The average molecular weight is 588 g/mol. The van der Waals surface area contributed by atoms with Gasteiger partial charge in [-0.2, -0.15) is 0 Å². The zero-order chi connectivity index (χ0) is 30.0. The van der Waals surface area contributed by atoms with Crippen LogP contribution in [0.3, 0.4) is 0 Å². The highest BCUT2D eigenvalue weighted by Gasteiger charge is 2.16. The monoisotopic (exact) mass is 587 g/mol. The molecular weight excluding hydrogens is 558 g/mol. The fraction of sp³-hybridized carbons (Fsp3) is 0.0571. The van der Waals surface area contributed by atoms with Crippen molar-refractivity contribution in [3.05, 3.63) is 138 Å². The number of carbonyl (C=O) groups is 3. The van der Waals surface area contributed by atoms with Gasteiger partial charge in [0.15, 0.2) is 0 Å². The third-order valence-electron chi connectivity index (χ3n) is 6.52. The van der Waals surface area contributed by atoms with Crippen molar-refractivity contribution in [2.45, 2.75) is 4.90 Å². The normalized spacial score (nSPS) is 11.0. The highest BCUT2D eigenvalue weighted by molar-refractivity contribution is 8.00. The molecule has 3 N–H and O–H groups in total.